The quantitative estimate of drug-likeness (QED) is 0.736. The van der Waals surface area contributed by atoms with Gasteiger partial charge >= 0.3 is 0 Å². The van der Waals surface area contributed by atoms with Gasteiger partial charge in [-0.1, -0.05) is 12.8 Å². The summed E-state index contributed by atoms with van der Waals surface area (Å²) >= 11 is 0. The first-order valence-electron chi connectivity index (χ1n) is 6.09. The lowest BCUT2D eigenvalue weighted by Gasteiger charge is -2.18. The van der Waals surface area contributed by atoms with Gasteiger partial charge in [0, 0.05) is 27.8 Å². The van der Waals surface area contributed by atoms with Crippen molar-refractivity contribution in [2.45, 2.75) is 51.2 Å². The summed E-state index contributed by atoms with van der Waals surface area (Å²) < 4.78 is 11.7. The summed E-state index contributed by atoms with van der Waals surface area (Å²) in [5.41, 5.74) is 0. The molecule has 1 rings (SSSR count). The second-order valence-corrected chi connectivity index (χ2v) is 7.84. The topological polar surface area (TPSA) is 29.1 Å². The first-order chi connectivity index (χ1) is 7.00. The minimum atomic E-state index is -0.703. The van der Waals surface area contributed by atoms with Crippen molar-refractivity contribution in [1.29, 1.82) is 0 Å². The fourth-order valence-electron chi connectivity index (χ4n) is 1.99. The average molecular weight is 231 g/mol. The average Bonchev–Trinajstić information content (AvgIpc) is 2.63. The van der Waals surface area contributed by atoms with Crippen LogP contribution in [0.25, 0.3) is 0 Å². The van der Waals surface area contributed by atoms with Crippen molar-refractivity contribution in [1.82, 2.24) is 5.32 Å². The third-order valence-corrected chi connectivity index (χ3v) is 5.00. The molecular weight excluding hydrogens is 206 g/mol. The normalized spacial score (nSPS) is 20.7. The molecule has 0 aromatic carbocycles. The van der Waals surface area contributed by atoms with Crippen LogP contribution in [-0.2, 0) is 10.8 Å². The molecule has 0 radical (unpaired) electrons. The molecule has 0 amide bonds. The molecule has 1 saturated carbocycles. The van der Waals surface area contributed by atoms with Crippen molar-refractivity contribution < 1.29 is 4.21 Å². The van der Waals surface area contributed by atoms with Crippen molar-refractivity contribution in [2.24, 2.45) is 5.92 Å². The van der Waals surface area contributed by atoms with E-state index in [0.717, 1.165) is 24.8 Å². The van der Waals surface area contributed by atoms with Crippen LogP contribution >= 0.6 is 0 Å². The van der Waals surface area contributed by atoms with E-state index in [1.807, 2.05) is 20.8 Å². The number of hydrogen-bond donors (Lipinski definition) is 1. The summed E-state index contributed by atoms with van der Waals surface area (Å²) in [6.07, 6.45) is 5.57. The lowest BCUT2D eigenvalue weighted by Crippen LogP contribution is -2.31. The predicted molar refractivity (Wildman–Crippen MR) is 67.6 cm³/mol. The predicted octanol–water partition coefficient (Wildman–Crippen LogP) is 2.31. The highest BCUT2D eigenvalue weighted by molar-refractivity contribution is 7.86. The van der Waals surface area contributed by atoms with Crippen LogP contribution in [0.1, 0.15) is 46.5 Å². The molecule has 0 aromatic heterocycles. The van der Waals surface area contributed by atoms with Gasteiger partial charge in [-0.05, 0) is 46.1 Å². The second kappa shape index (κ2) is 6.00. The molecule has 0 aliphatic heterocycles. The van der Waals surface area contributed by atoms with Crippen molar-refractivity contribution >= 4 is 10.8 Å². The molecule has 0 spiro atoms. The maximum Gasteiger partial charge on any atom is 0.0375 e. The first kappa shape index (κ1) is 13.2. The Bertz CT molecular complexity index is 204. The summed E-state index contributed by atoms with van der Waals surface area (Å²) in [7, 11) is -0.703. The SMILES string of the molecule is CC(C)(C)S(=O)CCNCC1CCCC1. The van der Waals surface area contributed by atoms with Crippen molar-refractivity contribution in [2.75, 3.05) is 18.8 Å². The Morgan fingerprint density at radius 3 is 2.40 bits per heavy atom. The molecule has 0 saturated heterocycles. The van der Waals surface area contributed by atoms with E-state index in [1.165, 1.54) is 25.7 Å². The molecule has 2 nitrogen and oxygen atoms in total. The van der Waals surface area contributed by atoms with Gasteiger partial charge in [-0.2, -0.15) is 0 Å². The Balaban J connectivity index is 2.03. The van der Waals surface area contributed by atoms with E-state index in [2.05, 4.69) is 5.32 Å². The Kier molecular flexibility index (Phi) is 5.27. The van der Waals surface area contributed by atoms with E-state index < -0.39 is 10.8 Å². The van der Waals surface area contributed by atoms with Crippen LogP contribution in [0.2, 0.25) is 0 Å². The highest BCUT2D eigenvalue weighted by atomic mass is 32.2. The summed E-state index contributed by atoms with van der Waals surface area (Å²) in [5, 5.41) is 3.44. The van der Waals surface area contributed by atoms with Gasteiger partial charge in [-0.25, -0.2) is 0 Å². The standard InChI is InChI=1S/C12H25NOS/c1-12(2,3)15(14)9-8-13-10-11-6-4-5-7-11/h11,13H,4-10H2,1-3H3. The zero-order valence-electron chi connectivity index (χ0n) is 10.3. The minimum Gasteiger partial charge on any atom is -0.316 e. The molecule has 0 heterocycles. The van der Waals surface area contributed by atoms with Crippen LogP contribution in [0.5, 0.6) is 0 Å². The molecule has 1 atom stereocenters. The summed E-state index contributed by atoms with van der Waals surface area (Å²) in [6, 6.07) is 0. The lowest BCUT2D eigenvalue weighted by atomic mass is 10.1. The Morgan fingerprint density at radius 1 is 1.27 bits per heavy atom. The van der Waals surface area contributed by atoms with Gasteiger partial charge in [0.25, 0.3) is 0 Å². The highest BCUT2D eigenvalue weighted by Crippen LogP contribution is 2.23. The summed E-state index contributed by atoms with van der Waals surface area (Å²) in [5.74, 6) is 1.67. The van der Waals surface area contributed by atoms with Gasteiger partial charge in [0.1, 0.15) is 0 Å². The minimum absolute atomic E-state index is 0.0605. The summed E-state index contributed by atoms with van der Waals surface area (Å²) in [6.45, 7) is 8.15. The van der Waals surface area contributed by atoms with Crippen LogP contribution in [0.4, 0.5) is 0 Å². The van der Waals surface area contributed by atoms with Crippen LogP contribution in [0, 0.1) is 5.92 Å². The highest BCUT2D eigenvalue weighted by Gasteiger charge is 2.19. The molecule has 15 heavy (non-hydrogen) atoms. The van der Waals surface area contributed by atoms with Crippen LogP contribution < -0.4 is 5.32 Å². The van der Waals surface area contributed by atoms with Gasteiger partial charge in [0.15, 0.2) is 0 Å². The third kappa shape index (κ3) is 5.12. The molecule has 1 aliphatic rings. The zero-order chi connectivity index (χ0) is 11.3. The maximum absolute atomic E-state index is 11.7. The molecule has 90 valence electrons. The lowest BCUT2D eigenvalue weighted by molar-refractivity contribution is 0.498. The maximum atomic E-state index is 11.7. The van der Waals surface area contributed by atoms with Gasteiger partial charge in [-0.3, -0.25) is 4.21 Å². The van der Waals surface area contributed by atoms with Gasteiger partial charge < -0.3 is 5.32 Å². The van der Waals surface area contributed by atoms with E-state index >= 15 is 0 Å². The molecule has 1 fully saturated rings. The number of nitrogens with one attached hydrogen (secondary N) is 1. The van der Waals surface area contributed by atoms with E-state index in [0.29, 0.717) is 0 Å². The monoisotopic (exact) mass is 231 g/mol. The van der Waals surface area contributed by atoms with Gasteiger partial charge in [0.05, 0.1) is 0 Å². The molecule has 1 aliphatic carbocycles. The van der Waals surface area contributed by atoms with Crippen molar-refractivity contribution in [3.63, 3.8) is 0 Å². The van der Waals surface area contributed by atoms with Gasteiger partial charge in [-0.15, -0.1) is 0 Å². The van der Waals surface area contributed by atoms with Crippen molar-refractivity contribution in [3.05, 3.63) is 0 Å². The second-order valence-electron chi connectivity index (χ2n) is 5.52. The van der Waals surface area contributed by atoms with E-state index in [-0.39, 0.29) is 4.75 Å². The largest absolute Gasteiger partial charge is 0.316 e. The number of hydrogen-bond acceptors (Lipinski definition) is 2. The van der Waals surface area contributed by atoms with Crippen molar-refractivity contribution in [3.8, 4) is 0 Å². The Morgan fingerprint density at radius 2 is 1.87 bits per heavy atom. The van der Waals surface area contributed by atoms with Gasteiger partial charge in [0.2, 0.25) is 0 Å². The smallest absolute Gasteiger partial charge is 0.0375 e. The number of rotatable bonds is 5. The molecular formula is C12H25NOS. The Labute approximate surface area is 96.7 Å². The third-order valence-electron chi connectivity index (χ3n) is 3.06. The molecule has 0 aromatic rings. The van der Waals surface area contributed by atoms with E-state index in [1.54, 1.807) is 0 Å². The fourth-order valence-corrected chi connectivity index (χ4v) is 2.93. The Hall–Kier alpha value is 0.110. The van der Waals surface area contributed by atoms with Crippen LogP contribution in [0.3, 0.4) is 0 Å². The van der Waals surface area contributed by atoms with E-state index in [4.69, 9.17) is 0 Å². The molecule has 1 unspecified atom stereocenters. The van der Waals surface area contributed by atoms with Crippen LogP contribution in [-0.4, -0.2) is 27.8 Å². The fraction of sp³-hybridized carbons (Fsp3) is 1.00. The van der Waals surface area contributed by atoms with E-state index in [9.17, 15) is 4.21 Å². The first-order valence-corrected chi connectivity index (χ1v) is 7.41. The van der Waals surface area contributed by atoms with Crippen LogP contribution in [0.15, 0.2) is 0 Å². The molecule has 0 bridgehead atoms. The summed E-state index contributed by atoms with van der Waals surface area (Å²) in [4.78, 5) is 0. The zero-order valence-corrected chi connectivity index (χ0v) is 11.2. The molecule has 3 heteroatoms. The molecule has 1 N–H and O–H groups in total.